The maximum Gasteiger partial charge on any atom is 0.166 e. The Labute approximate surface area is 141 Å². The maximum absolute atomic E-state index is 5.89. The molecule has 1 aromatic heterocycles. The molecule has 0 aliphatic carbocycles. The molecule has 0 bridgehead atoms. The first kappa shape index (κ1) is 16.8. The molecule has 118 valence electrons. The standard InChI is InChI=1S/C16H20ClN3OS/c1-20(2)10-9-18-16(22)19-11-14-7-8-15(21-14)12-3-5-13(17)6-4-12/h3-8H,9-11H2,1-2H3,(H2,18,19,22)/p+1. The average Bonchev–Trinajstić information content (AvgIpc) is 2.94. The summed E-state index contributed by atoms with van der Waals surface area (Å²) >= 11 is 11.1. The van der Waals surface area contributed by atoms with Gasteiger partial charge in [-0.1, -0.05) is 11.6 Å². The zero-order valence-electron chi connectivity index (χ0n) is 12.8. The summed E-state index contributed by atoms with van der Waals surface area (Å²) in [6, 6.07) is 11.5. The van der Waals surface area contributed by atoms with Crippen LogP contribution in [0, 0.1) is 0 Å². The molecule has 6 heteroatoms. The summed E-state index contributed by atoms with van der Waals surface area (Å²) in [6.07, 6.45) is 0. The number of thiocarbonyl (C=S) groups is 1. The van der Waals surface area contributed by atoms with Crippen LogP contribution in [-0.2, 0) is 6.54 Å². The second-order valence-corrected chi connectivity index (χ2v) is 6.18. The van der Waals surface area contributed by atoms with E-state index in [-0.39, 0.29) is 0 Å². The van der Waals surface area contributed by atoms with Crippen molar-refractivity contribution in [2.45, 2.75) is 6.54 Å². The molecule has 2 aromatic rings. The Morgan fingerprint density at radius 1 is 1.14 bits per heavy atom. The predicted molar refractivity (Wildman–Crippen MR) is 94.3 cm³/mol. The molecule has 0 spiro atoms. The summed E-state index contributed by atoms with van der Waals surface area (Å²) in [4.78, 5) is 1.38. The molecule has 3 N–H and O–H groups in total. The van der Waals surface area contributed by atoms with E-state index in [0.717, 1.165) is 30.2 Å². The Bertz CT molecular complexity index is 610. The van der Waals surface area contributed by atoms with Crippen molar-refractivity contribution >= 4 is 28.9 Å². The van der Waals surface area contributed by atoms with Crippen LogP contribution in [0.1, 0.15) is 5.76 Å². The molecule has 0 aliphatic rings. The lowest BCUT2D eigenvalue weighted by Crippen LogP contribution is -3.06. The normalized spacial score (nSPS) is 10.7. The number of hydrogen-bond acceptors (Lipinski definition) is 2. The van der Waals surface area contributed by atoms with Crippen LogP contribution in [0.5, 0.6) is 0 Å². The summed E-state index contributed by atoms with van der Waals surface area (Å²) in [5.41, 5.74) is 1.00. The third-order valence-electron chi connectivity index (χ3n) is 3.12. The fourth-order valence-electron chi connectivity index (χ4n) is 1.90. The van der Waals surface area contributed by atoms with Gasteiger partial charge < -0.3 is 20.0 Å². The predicted octanol–water partition coefficient (Wildman–Crippen LogP) is 1.71. The number of furan rings is 1. The second kappa shape index (κ2) is 8.17. The van der Waals surface area contributed by atoms with Crippen molar-refractivity contribution in [2.75, 3.05) is 27.2 Å². The highest BCUT2D eigenvalue weighted by atomic mass is 35.5. The molecule has 1 heterocycles. The molecule has 0 unspecified atom stereocenters. The first-order chi connectivity index (χ1) is 10.5. The SMILES string of the molecule is C[NH+](C)CCNC(=S)NCc1ccc(-c2ccc(Cl)cc2)o1. The van der Waals surface area contributed by atoms with Gasteiger partial charge in [-0.15, -0.1) is 0 Å². The summed E-state index contributed by atoms with van der Waals surface area (Å²) < 4.78 is 5.81. The van der Waals surface area contributed by atoms with Gasteiger partial charge in [-0.25, -0.2) is 0 Å². The van der Waals surface area contributed by atoms with Crippen molar-refractivity contribution < 1.29 is 9.32 Å². The quantitative estimate of drug-likeness (QED) is 0.701. The summed E-state index contributed by atoms with van der Waals surface area (Å²) in [5.74, 6) is 1.66. The number of benzene rings is 1. The highest BCUT2D eigenvalue weighted by molar-refractivity contribution is 7.80. The molecule has 0 saturated heterocycles. The van der Waals surface area contributed by atoms with Gasteiger partial charge >= 0.3 is 0 Å². The Morgan fingerprint density at radius 2 is 1.86 bits per heavy atom. The Morgan fingerprint density at radius 3 is 2.55 bits per heavy atom. The zero-order chi connectivity index (χ0) is 15.9. The van der Waals surface area contributed by atoms with Gasteiger partial charge in [-0.05, 0) is 48.6 Å². The number of likely N-dealkylation sites (N-methyl/N-ethyl adjacent to an activating group) is 1. The van der Waals surface area contributed by atoms with Gasteiger partial charge in [0.2, 0.25) is 0 Å². The lowest BCUT2D eigenvalue weighted by atomic mass is 10.2. The number of hydrogen-bond donors (Lipinski definition) is 3. The van der Waals surface area contributed by atoms with Crippen molar-refractivity contribution in [3.8, 4) is 11.3 Å². The molecular weight excluding hydrogens is 318 g/mol. The molecule has 22 heavy (non-hydrogen) atoms. The van der Waals surface area contributed by atoms with E-state index in [9.17, 15) is 0 Å². The molecule has 1 aromatic carbocycles. The first-order valence-electron chi connectivity index (χ1n) is 7.20. The molecule has 0 saturated carbocycles. The molecular formula is C16H21ClN3OS+. The third kappa shape index (κ3) is 5.33. The van der Waals surface area contributed by atoms with Crippen LogP contribution in [0.2, 0.25) is 5.02 Å². The highest BCUT2D eigenvalue weighted by Crippen LogP contribution is 2.23. The van der Waals surface area contributed by atoms with Gasteiger partial charge in [-0.2, -0.15) is 0 Å². The van der Waals surface area contributed by atoms with E-state index in [0.29, 0.717) is 16.7 Å². The van der Waals surface area contributed by atoms with E-state index in [1.165, 1.54) is 4.90 Å². The Hall–Kier alpha value is -1.56. The van der Waals surface area contributed by atoms with Gasteiger partial charge in [0, 0.05) is 10.6 Å². The highest BCUT2D eigenvalue weighted by Gasteiger charge is 2.05. The second-order valence-electron chi connectivity index (χ2n) is 5.34. The Kier molecular flexibility index (Phi) is 6.24. The Balaban J connectivity index is 1.82. The van der Waals surface area contributed by atoms with E-state index in [2.05, 4.69) is 24.7 Å². The van der Waals surface area contributed by atoms with Crippen LogP contribution >= 0.6 is 23.8 Å². The third-order valence-corrected chi connectivity index (χ3v) is 3.66. The van der Waals surface area contributed by atoms with Crippen LogP contribution in [0.15, 0.2) is 40.8 Å². The molecule has 0 amide bonds. The van der Waals surface area contributed by atoms with E-state index < -0.39 is 0 Å². The van der Waals surface area contributed by atoms with Gasteiger partial charge in [0.15, 0.2) is 5.11 Å². The fraction of sp³-hybridized carbons (Fsp3) is 0.312. The van der Waals surface area contributed by atoms with E-state index in [4.69, 9.17) is 28.2 Å². The molecule has 0 radical (unpaired) electrons. The zero-order valence-corrected chi connectivity index (χ0v) is 14.4. The van der Waals surface area contributed by atoms with E-state index >= 15 is 0 Å². The minimum atomic E-state index is 0.564. The van der Waals surface area contributed by atoms with Crippen molar-refractivity contribution in [3.63, 3.8) is 0 Å². The maximum atomic E-state index is 5.89. The van der Waals surface area contributed by atoms with Crippen LogP contribution in [-0.4, -0.2) is 32.3 Å². The minimum absolute atomic E-state index is 0.564. The van der Waals surface area contributed by atoms with Crippen molar-refractivity contribution in [2.24, 2.45) is 0 Å². The molecule has 2 rings (SSSR count). The summed E-state index contributed by atoms with van der Waals surface area (Å²) in [6.45, 7) is 2.43. The molecule has 4 nitrogen and oxygen atoms in total. The topological polar surface area (TPSA) is 41.6 Å². The molecule has 0 atom stereocenters. The number of rotatable bonds is 6. The summed E-state index contributed by atoms with van der Waals surface area (Å²) in [7, 11) is 4.22. The number of halogens is 1. The first-order valence-corrected chi connectivity index (χ1v) is 7.98. The van der Waals surface area contributed by atoms with Gasteiger partial charge in [0.1, 0.15) is 11.5 Å². The van der Waals surface area contributed by atoms with Crippen LogP contribution in [0.25, 0.3) is 11.3 Å². The van der Waals surface area contributed by atoms with E-state index in [1.807, 2.05) is 36.4 Å². The minimum Gasteiger partial charge on any atom is -0.459 e. The lowest BCUT2D eigenvalue weighted by molar-refractivity contribution is -0.856. The van der Waals surface area contributed by atoms with Crippen LogP contribution < -0.4 is 15.5 Å². The molecule has 0 aliphatic heterocycles. The summed E-state index contributed by atoms with van der Waals surface area (Å²) in [5, 5.41) is 7.67. The van der Waals surface area contributed by atoms with E-state index in [1.54, 1.807) is 0 Å². The largest absolute Gasteiger partial charge is 0.459 e. The van der Waals surface area contributed by atoms with Crippen molar-refractivity contribution in [1.29, 1.82) is 0 Å². The van der Waals surface area contributed by atoms with Gasteiger partial charge in [0.05, 0.1) is 33.7 Å². The van der Waals surface area contributed by atoms with Crippen LogP contribution in [0.3, 0.4) is 0 Å². The smallest absolute Gasteiger partial charge is 0.166 e. The number of nitrogens with one attached hydrogen (secondary N) is 3. The monoisotopic (exact) mass is 338 g/mol. The fourth-order valence-corrected chi connectivity index (χ4v) is 2.20. The van der Waals surface area contributed by atoms with Crippen molar-refractivity contribution in [1.82, 2.24) is 10.6 Å². The average molecular weight is 339 g/mol. The van der Waals surface area contributed by atoms with Crippen LogP contribution in [0.4, 0.5) is 0 Å². The number of quaternary nitrogens is 1. The van der Waals surface area contributed by atoms with Gasteiger partial charge in [0.25, 0.3) is 0 Å². The van der Waals surface area contributed by atoms with Gasteiger partial charge in [-0.3, -0.25) is 0 Å². The van der Waals surface area contributed by atoms with Crippen molar-refractivity contribution in [3.05, 3.63) is 47.2 Å². The lowest BCUT2D eigenvalue weighted by Gasteiger charge is -2.11. The molecule has 0 fully saturated rings.